The van der Waals surface area contributed by atoms with Crippen LogP contribution in [-0.4, -0.2) is 61.3 Å². The average Bonchev–Trinajstić information content (AvgIpc) is 2.00. The number of aliphatic hydroxyl groups excluding tert-OH is 5. The minimum atomic E-state index is -2.11. The van der Waals surface area contributed by atoms with Crippen molar-refractivity contribution in [2.45, 2.75) is 44.1 Å². The van der Waals surface area contributed by atoms with Crippen LogP contribution in [0.5, 0.6) is 0 Å². The number of rotatable bonds is 5. The van der Waals surface area contributed by atoms with Gasteiger partial charge in [-0.05, 0) is 6.92 Å². The van der Waals surface area contributed by atoms with E-state index in [2.05, 4.69) is 0 Å². The van der Waals surface area contributed by atoms with E-state index in [-0.39, 0.29) is 6.42 Å². The molecule has 6 N–H and O–H groups in total. The third-order valence-corrected chi connectivity index (χ3v) is 1.63. The summed E-state index contributed by atoms with van der Waals surface area (Å²) in [5, 5.41) is 52.8. The third kappa shape index (κ3) is 4.51. The molecule has 0 rings (SSSR count). The topological polar surface area (TPSA) is 121 Å². The van der Waals surface area contributed by atoms with Gasteiger partial charge in [-0.2, -0.15) is 0 Å². The van der Waals surface area contributed by atoms with Crippen molar-refractivity contribution < 1.29 is 30.6 Å². The van der Waals surface area contributed by atoms with E-state index in [1.807, 2.05) is 0 Å². The van der Waals surface area contributed by atoms with Gasteiger partial charge in [0.05, 0.1) is 12.2 Å². The van der Waals surface area contributed by atoms with E-state index < -0.39 is 30.7 Å². The SMILES string of the molecule is CC(O)CC(O)[C@@H](O)[C@H](O)C(O)O. The molecule has 0 saturated heterocycles. The van der Waals surface area contributed by atoms with Crippen molar-refractivity contribution in [3.05, 3.63) is 0 Å². The lowest BCUT2D eigenvalue weighted by atomic mass is 10.0. The van der Waals surface area contributed by atoms with Gasteiger partial charge in [0.1, 0.15) is 12.2 Å². The van der Waals surface area contributed by atoms with Crippen LogP contribution in [0.3, 0.4) is 0 Å². The monoisotopic (exact) mass is 196 g/mol. The maximum Gasteiger partial charge on any atom is 0.180 e. The Bertz CT molecular complexity index is 137. The van der Waals surface area contributed by atoms with Crippen LogP contribution in [-0.2, 0) is 0 Å². The summed E-state index contributed by atoms with van der Waals surface area (Å²) >= 11 is 0. The summed E-state index contributed by atoms with van der Waals surface area (Å²) in [6, 6.07) is 0. The van der Waals surface area contributed by atoms with Crippen LogP contribution in [0.1, 0.15) is 13.3 Å². The molecule has 2 unspecified atom stereocenters. The largest absolute Gasteiger partial charge is 0.393 e. The molecule has 0 bridgehead atoms. The molecule has 13 heavy (non-hydrogen) atoms. The van der Waals surface area contributed by atoms with Crippen molar-refractivity contribution in [1.29, 1.82) is 0 Å². The normalized spacial score (nSPS) is 21.2. The fourth-order valence-corrected chi connectivity index (χ4v) is 0.893. The third-order valence-electron chi connectivity index (χ3n) is 1.63. The molecule has 6 heteroatoms. The molecule has 0 aliphatic rings. The number of hydrogen-bond acceptors (Lipinski definition) is 6. The lowest BCUT2D eigenvalue weighted by Crippen LogP contribution is -2.45. The van der Waals surface area contributed by atoms with Gasteiger partial charge >= 0.3 is 0 Å². The first-order chi connectivity index (χ1) is 5.86. The lowest BCUT2D eigenvalue weighted by molar-refractivity contribution is -0.179. The maximum atomic E-state index is 9.12. The molecule has 0 aromatic rings. The summed E-state index contributed by atoms with van der Waals surface area (Å²) in [6.07, 6.45) is -8.02. The molecule has 0 saturated carbocycles. The molecule has 0 aromatic carbocycles. The van der Waals surface area contributed by atoms with Crippen LogP contribution in [0.15, 0.2) is 0 Å². The molecule has 4 atom stereocenters. The zero-order chi connectivity index (χ0) is 10.6. The molecule has 0 aliphatic carbocycles. The van der Waals surface area contributed by atoms with Crippen molar-refractivity contribution in [2.75, 3.05) is 0 Å². The first-order valence-electron chi connectivity index (χ1n) is 3.94. The van der Waals surface area contributed by atoms with E-state index in [0.29, 0.717) is 0 Å². The van der Waals surface area contributed by atoms with E-state index in [1.165, 1.54) is 6.92 Å². The van der Waals surface area contributed by atoms with Gasteiger partial charge in [0.15, 0.2) is 6.29 Å². The molecule has 0 heterocycles. The molecule has 0 spiro atoms. The van der Waals surface area contributed by atoms with Crippen molar-refractivity contribution in [3.63, 3.8) is 0 Å². The Morgan fingerprint density at radius 3 is 1.62 bits per heavy atom. The van der Waals surface area contributed by atoms with Gasteiger partial charge in [0.2, 0.25) is 0 Å². The Hall–Kier alpha value is -0.240. The van der Waals surface area contributed by atoms with Crippen molar-refractivity contribution >= 4 is 0 Å². The number of aliphatic hydroxyl groups is 6. The van der Waals surface area contributed by atoms with Crippen molar-refractivity contribution in [2.24, 2.45) is 0 Å². The van der Waals surface area contributed by atoms with Gasteiger partial charge < -0.3 is 30.6 Å². The predicted octanol–water partition coefficient (Wildman–Crippen LogP) is -2.85. The minimum absolute atomic E-state index is 0.148. The van der Waals surface area contributed by atoms with E-state index in [1.54, 1.807) is 0 Å². The van der Waals surface area contributed by atoms with Gasteiger partial charge in [-0.1, -0.05) is 0 Å². The highest BCUT2D eigenvalue weighted by molar-refractivity contribution is 4.77. The van der Waals surface area contributed by atoms with Crippen LogP contribution in [0.2, 0.25) is 0 Å². The smallest absolute Gasteiger partial charge is 0.180 e. The maximum absolute atomic E-state index is 9.12. The molecule has 0 aromatic heterocycles. The lowest BCUT2D eigenvalue weighted by Gasteiger charge is -2.24. The van der Waals surface area contributed by atoms with Gasteiger partial charge in [-0.3, -0.25) is 0 Å². The first kappa shape index (κ1) is 12.8. The van der Waals surface area contributed by atoms with Gasteiger partial charge in [0, 0.05) is 6.42 Å². The summed E-state index contributed by atoms with van der Waals surface area (Å²) in [4.78, 5) is 0. The summed E-state index contributed by atoms with van der Waals surface area (Å²) in [7, 11) is 0. The summed E-state index contributed by atoms with van der Waals surface area (Å²) in [5.41, 5.74) is 0. The highest BCUT2D eigenvalue weighted by atomic mass is 16.5. The Morgan fingerprint density at radius 1 is 0.846 bits per heavy atom. The Labute approximate surface area is 75.7 Å². The van der Waals surface area contributed by atoms with E-state index in [9.17, 15) is 0 Å². The molecule has 6 nitrogen and oxygen atoms in total. The molecule has 0 radical (unpaired) electrons. The first-order valence-corrected chi connectivity index (χ1v) is 3.94. The minimum Gasteiger partial charge on any atom is -0.393 e. The Morgan fingerprint density at radius 2 is 1.31 bits per heavy atom. The van der Waals surface area contributed by atoms with Gasteiger partial charge in [-0.15, -0.1) is 0 Å². The molecule has 0 amide bonds. The zero-order valence-corrected chi connectivity index (χ0v) is 7.28. The second kappa shape index (κ2) is 5.48. The molecular formula is C7H16O6. The predicted molar refractivity (Wildman–Crippen MR) is 42.5 cm³/mol. The van der Waals surface area contributed by atoms with Crippen LogP contribution in [0, 0.1) is 0 Å². The van der Waals surface area contributed by atoms with Crippen molar-refractivity contribution in [3.8, 4) is 0 Å². The van der Waals surface area contributed by atoms with E-state index in [0.717, 1.165) is 0 Å². The van der Waals surface area contributed by atoms with Crippen LogP contribution < -0.4 is 0 Å². The molecule has 0 fully saturated rings. The second-order valence-electron chi connectivity index (χ2n) is 3.05. The molecular weight excluding hydrogens is 180 g/mol. The Kier molecular flexibility index (Phi) is 5.38. The highest BCUT2D eigenvalue weighted by Crippen LogP contribution is 2.08. The molecule has 0 aliphatic heterocycles. The second-order valence-corrected chi connectivity index (χ2v) is 3.05. The van der Waals surface area contributed by atoms with Crippen LogP contribution in [0.25, 0.3) is 0 Å². The van der Waals surface area contributed by atoms with Crippen molar-refractivity contribution in [1.82, 2.24) is 0 Å². The number of hydrogen-bond donors (Lipinski definition) is 6. The van der Waals surface area contributed by atoms with E-state index >= 15 is 0 Å². The van der Waals surface area contributed by atoms with Gasteiger partial charge in [0.25, 0.3) is 0 Å². The average molecular weight is 196 g/mol. The summed E-state index contributed by atoms with van der Waals surface area (Å²) in [5.74, 6) is 0. The Balaban J connectivity index is 4.01. The zero-order valence-electron chi connectivity index (χ0n) is 7.28. The highest BCUT2D eigenvalue weighted by Gasteiger charge is 2.29. The fourth-order valence-electron chi connectivity index (χ4n) is 0.893. The van der Waals surface area contributed by atoms with Gasteiger partial charge in [-0.25, -0.2) is 0 Å². The molecule has 80 valence electrons. The summed E-state index contributed by atoms with van der Waals surface area (Å²) in [6.45, 7) is 1.40. The van der Waals surface area contributed by atoms with E-state index in [4.69, 9.17) is 30.6 Å². The van der Waals surface area contributed by atoms with Crippen LogP contribution in [0.4, 0.5) is 0 Å². The van der Waals surface area contributed by atoms with Crippen LogP contribution >= 0.6 is 0 Å². The fraction of sp³-hybridized carbons (Fsp3) is 1.00. The standard InChI is InChI=1S/C7H16O6/c1-3(8)2-4(9)5(10)6(11)7(12)13/h3-13H,2H2,1H3/t3?,4?,5-,6+/m1/s1. The summed E-state index contributed by atoms with van der Waals surface area (Å²) < 4.78 is 0. The quantitative estimate of drug-likeness (QED) is 0.263.